The molecule has 5 rings (SSSR count). The largest absolute Gasteiger partial charge is 0.346 e. The molecule has 154 valence electrons. The number of para-hydroxylation sites is 1. The van der Waals surface area contributed by atoms with Gasteiger partial charge in [0.1, 0.15) is 11.9 Å². The topological polar surface area (TPSA) is 67.9 Å². The smallest absolute Gasteiger partial charge is 0.186 e. The van der Waals surface area contributed by atoms with Crippen LogP contribution in [0.3, 0.4) is 0 Å². The van der Waals surface area contributed by atoms with Crippen molar-refractivity contribution in [3.63, 3.8) is 0 Å². The van der Waals surface area contributed by atoms with E-state index in [1.54, 1.807) is 0 Å². The van der Waals surface area contributed by atoms with Gasteiger partial charge in [-0.2, -0.15) is 10.5 Å². The lowest BCUT2D eigenvalue weighted by Crippen LogP contribution is -2.45. The molecule has 0 saturated carbocycles. The van der Waals surface area contributed by atoms with Crippen LogP contribution in [0.5, 0.6) is 0 Å². The molecule has 0 aliphatic carbocycles. The number of benzene rings is 3. The van der Waals surface area contributed by atoms with E-state index in [2.05, 4.69) is 12.1 Å². The van der Waals surface area contributed by atoms with E-state index >= 15 is 0 Å². The van der Waals surface area contributed by atoms with Crippen molar-refractivity contribution in [3.05, 3.63) is 107 Å². The van der Waals surface area contributed by atoms with Crippen LogP contribution in [0.25, 0.3) is 6.08 Å². The van der Waals surface area contributed by atoms with Crippen molar-refractivity contribution in [1.82, 2.24) is 0 Å². The molecular formula is C27H18FN3O. The molecule has 0 bridgehead atoms. The lowest BCUT2D eigenvalue weighted by molar-refractivity contribution is 0.0842. The zero-order chi connectivity index (χ0) is 22.3. The lowest BCUT2D eigenvalue weighted by atomic mass is 9.65. The van der Waals surface area contributed by atoms with Gasteiger partial charge in [0, 0.05) is 17.2 Å². The van der Waals surface area contributed by atoms with Gasteiger partial charge in [0.05, 0.1) is 18.2 Å². The number of hydrogen-bond donors (Lipinski definition) is 0. The second kappa shape index (κ2) is 7.48. The number of halogens is 1. The number of nitrogens with zero attached hydrogens (tertiary/aromatic N) is 3. The second-order valence-corrected chi connectivity index (χ2v) is 8.05. The van der Waals surface area contributed by atoms with Gasteiger partial charge in [-0.1, -0.05) is 60.7 Å². The molecule has 0 radical (unpaired) electrons. The summed E-state index contributed by atoms with van der Waals surface area (Å²) in [4.78, 5) is 15.9. The molecule has 3 aromatic rings. The van der Waals surface area contributed by atoms with E-state index in [9.17, 15) is 19.7 Å². The predicted molar refractivity (Wildman–Crippen MR) is 119 cm³/mol. The summed E-state index contributed by atoms with van der Waals surface area (Å²) in [5.74, 6) is -1.57. The third-order valence-electron chi connectivity index (χ3n) is 6.50. The van der Waals surface area contributed by atoms with Crippen LogP contribution < -0.4 is 4.90 Å². The number of ketones is 1. The molecule has 0 N–H and O–H groups in total. The molecule has 3 aromatic carbocycles. The van der Waals surface area contributed by atoms with Crippen LogP contribution in [0.2, 0.25) is 0 Å². The quantitative estimate of drug-likeness (QED) is 0.553. The second-order valence-electron chi connectivity index (χ2n) is 8.05. The first kappa shape index (κ1) is 19.7. The SMILES string of the molecule is N#C[C@H]1[C@H](c2ccccc2)[C@](C#N)(C(=O)c2ccc(F)cc2)[C@@H]2C=Cc3ccccc3N21. The molecular weight excluding hydrogens is 401 g/mol. The van der Waals surface area contributed by atoms with Gasteiger partial charge in [0.25, 0.3) is 0 Å². The summed E-state index contributed by atoms with van der Waals surface area (Å²) >= 11 is 0. The first-order valence-electron chi connectivity index (χ1n) is 10.3. The number of anilines is 1. The van der Waals surface area contributed by atoms with Crippen LogP contribution >= 0.6 is 0 Å². The zero-order valence-electron chi connectivity index (χ0n) is 17.0. The van der Waals surface area contributed by atoms with Crippen molar-refractivity contribution in [1.29, 1.82) is 10.5 Å². The van der Waals surface area contributed by atoms with E-state index in [-0.39, 0.29) is 5.56 Å². The van der Waals surface area contributed by atoms with E-state index in [0.29, 0.717) is 0 Å². The molecule has 0 amide bonds. The molecule has 32 heavy (non-hydrogen) atoms. The molecule has 1 fully saturated rings. The molecule has 0 spiro atoms. The predicted octanol–water partition coefficient (Wildman–Crippen LogP) is 5.11. The maximum absolute atomic E-state index is 14.0. The average Bonchev–Trinajstić information content (AvgIpc) is 3.15. The normalized spacial score (nSPS) is 25.3. The van der Waals surface area contributed by atoms with E-state index in [1.165, 1.54) is 24.3 Å². The Morgan fingerprint density at radius 3 is 2.31 bits per heavy atom. The summed E-state index contributed by atoms with van der Waals surface area (Å²) in [6.45, 7) is 0. The highest BCUT2D eigenvalue weighted by Gasteiger charge is 2.64. The highest BCUT2D eigenvalue weighted by atomic mass is 19.1. The molecule has 2 heterocycles. The summed E-state index contributed by atoms with van der Waals surface area (Å²) in [6.07, 6.45) is 3.75. The Balaban J connectivity index is 1.78. The van der Waals surface area contributed by atoms with Crippen LogP contribution in [0, 0.1) is 33.9 Å². The van der Waals surface area contributed by atoms with Crippen molar-refractivity contribution < 1.29 is 9.18 Å². The summed E-state index contributed by atoms with van der Waals surface area (Å²) < 4.78 is 13.6. The molecule has 0 unspecified atom stereocenters. The molecule has 4 nitrogen and oxygen atoms in total. The number of hydrogen-bond acceptors (Lipinski definition) is 4. The molecule has 0 aromatic heterocycles. The zero-order valence-corrected chi connectivity index (χ0v) is 17.0. The number of nitriles is 2. The van der Waals surface area contributed by atoms with Gasteiger partial charge in [-0.3, -0.25) is 4.79 Å². The maximum Gasteiger partial charge on any atom is 0.186 e. The van der Waals surface area contributed by atoms with E-state index in [4.69, 9.17) is 0 Å². The Morgan fingerprint density at radius 1 is 0.938 bits per heavy atom. The third-order valence-corrected chi connectivity index (χ3v) is 6.50. The first-order valence-corrected chi connectivity index (χ1v) is 10.3. The minimum atomic E-state index is -1.57. The molecule has 4 atom stereocenters. The fourth-order valence-electron chi connectivity index (χ4n) is 5.13. The lowest BCUT2D eigenvalue weighted by Gasteiger charge is -2.35. The minimum absolute atomic E-state index is 0.250. The van der Waals surface area contributed by atoms with Gasteiger partial charge in [0.2, 0.25) is 0 Å². The Morgan fingerprint density at radius 2 is 1.62 bits per heavy atom. The van der Waals surface area contributed by atoms with E-state index in [1.807, 2.05) is 71.6 Å². The fourth-order valence-corrected chi connectivity index (χ4v) is 5.13. The van der Waals surface area contributed by atoms with Crippen LogP contribution in [-0.4, -0.2) is 17.9 Å². The van der Waals surface area contributed by atoms with Crippen LogP contribution in [0.1, 0.15) is 27.4 Å². The Labute approximate surface area is 185 Å². The summed E-state index contributed by atoms with van der Waals surface area (Å²) in [5, 5.41) is 20.9. The number of fused-ring (bicyclic) bond motifs is 3. The van der Waals surface area contributed by atoms with E-state index < -0.39 is 35.0 Å². The molecule has 2 aliphatic heterocycles. The number of Topliss-reactive ketones (excluding diaryl/α,β-unsaturated/α-hetero) is 1. The summed E-state index contributed by atoms with van der Waals surface area (Å²) in [5.41, 5.74) is 1.18. The Bertz CT molecular complexity index is 1300. The van der Waals surface area contributed by atoms with Crippen molar-refractivity contribution in [2.45, 2.75) is 18.0 Å². The average molecular weight is 419 g/mol. The standard InChI is InChI=1S/C27H18FN3O/c28-21-13-10-20(11-14-21)26(32)27(17-30)24-15-12-18-6-4-5-9-22(18)31(24)23(16-29)25(27)19-7-2-1-3-8-19/h1-15,23-25H/t23-,24-,25-,27+/m0/s1. The maximum atomic E-state index is 14.0. The van der Waals surface area contributed by atoms with Crippen LogP contribution in [0.4, 0.5) is 10.1 Å². The van der Waals surface area contributed by atoms with E-state index in [0.717, 1.165) is 16.8 Å². The van der Waals surface area contributed by atoms with Crippen molar-refractivity contribution in [3.8, 4) is 12.1 Å². The summed E-state index contributed by atoms with van der Waals surface area (Å²) in [6, 6.07) is 25.5. The van der Waals surface area contributed by atoms with Gasteiger partial charge in [-0.15, -0.1) is 0 Å². The van der Waals surface area contributed by atoms with Gasteiger partial charge in [-0.05, 0) is 41.5 Å². The molecule has 1 saturated heterocycles. The van der Waals surface area contributed by atoms with Crippen LogP contribution in [-0.2, 0) is 0 Å². The Kier molecular flexibility index (Phi) is 4.61. The monoisotopic (exact) mass is 419 g/mol. The number of carbonyl (C=O) groups excluding carboxylic acids is 1. The van der Waals surface area contributed by atoms with Crippen molar-refractivity contribution in [2.24, 2.45) is 5.41 Å². The molecule has 2 aliphatic rings. The number of rotatable bonds is 3. The minimum Gasteiger partial charge on any atom is -0.346 e. The fraction of sp³-hybridized carbons (Fsp3) is 0.148. The van der Waals surface area contributed by atoms with Gasteiger partial charge in [0.15, 0.2) is 11.2 Å². The van der Waals surface area contributed by atoms with Crippen LogP contribution in [0.15, 0.2) is 84.9 Å². The third kappa shape index (κ3) is 2.69. The van der Waals surface area contributed by atoms with Crippen molar-refractivity contribution in [2.75, 3.05) is 4.90 Å². The highest BCUT2D eigenvalue weighted by Crippen LogP contribution is 2.56. The van der Waals surface area contributed by atoms with Crippen molar-refractivity contribution >= 4 is 17.5 Å². The molecule has 5 heteroatoms. The summed E-state index contributed by atoms with van der Waals surface area (Å²) in [7, 11) is 0. The van der Waals surface area contributed by atoms with Gasteiger partial charge >= 0.3 is 0 Å². The van der Waals surface area contributed by atoms with Gasteiger partial charge < -0.3 is 4.90 Å². The first-order chi connectivity index (χ1) is 15.6. The number of carbonyl (C=O) groups is 1. The Hall–Kier alpha value is -4.22. The highest BCUT2D eigenvalue weighted by molar-refractivity contribution is 6.05. The van der Waals surface area contributed by atoms with Gasteiger partial charge in [-0.25, -0.2) is 4.39 Å².